The van der Waals surface area contributed by atoms with Crippen molar-refractivity contribution in [2.45, 2.75) is 0 Å². The van der Waals surface area contributed by atoms with E-state index in [0.29, 0.717) is 21.6 Å². The molecule has 1 heterocycles. The maximum absolute atomic E-state index is 11.3. The van der Waals surface area contributed by atoms with Crippen LogP contribution in [0.5, 0.6) is 0 Å². The second-order valence-corrected chi connectivity index (χ2v) is 4.44. The monoisotopic (exact) mass is 297 g/mol. The molecule has 0 aliphatic carbocycles. The molecule has 1 aromatic carbocycles. The number of carbonyl (C=O) groups is 1. The molecule has 0 aliphatic heterocycles. The molecule has 2 rings (SSSR count). The third-order valence-electron chi connectivity index (χ3n) is 2.16. The van der Waals surface area contributed by atoms with Gasteiger partial charge < -0.3 is 10.1 Å². The molecule has 0 aliphatic rings. The lowest BCUT2D eigenvalue weighted by Gasteiger charge is -2.07. The largest absolute Gasteiger partial charge is 0.464 e. The van der Waals surface area contributed by atoms with Gasteiger partial charge in [-0.25, -0.2) is 9.78 Å². The minimum atomic E-state index is -0.555. The molecular weight excluding hydrogens is 289 g/mol. The molecule has 0 saturated heterocycles. The number of hydrogen-bond donors (Lipinski definition) is 1. The lowest BCUT2D eigenvalue weighted by atomic mass is 10.3. The highest BCUT2D eigenvalue weighted by molar-refractivity contribution is 6.35. The summed E-state index contributed by atoms with van der Waals surface area (Å²) < 4.78 is 4.57. The number of ether oxygens (including phenoxy) is 1. The van der Waals surface area contributed by atoms with Crippen LogP contribution in [-0.4, -0.2) is 23.0 Å². The maximum Gasteiger partial charge on any atom is 0.358 e. The van der Waals surface area contributed by atoms with Crippen LogP contribution in [0.1, 0.15) is 10.5 Å². The fourth-order valence-corrected chi connectivity index (χ4v) is 1.93. The zero-order valence-corrected chi connectivity index (χ0v) is 11.4. The van der Waals surface area contributed by atoms with Crippen molar-refractivity contribution < 1.29 is 9.53 Å². The van der Waals surface area contributed by atoms with Crippen LogP contribution in [0.15, 0.2) is 30.6 Å². The van der Waals surface area contributed by atoms with E-state index < -0.39 is 5.97 Å². The van der Waals surface area contributed by atoms with Crippen LogP contribution < -0.4 is 5.32 Å². The van der Waals surface area contributed by atoms with Crippen LogP contribution in [0, 0.1) is 0 Å². The van der Waals surface area contributed by atoms with Gasteiger partial charge in [0.15, 0.2) is 5.69 Å². The van der Waals surface area contributed by atoms with Crippen molar-refractivity contribution >= 4 is 40.7 Å². The highest BCUT2D eigenvalue weighted by Gasteiger charge is 2.08. The first-order valence-electron chi connectivity index (χ1n) is 5.22. The third kappa shape index (κ3) is 3.56. The van der Waals surface area contributed by atoms with Crippen molar-refractivity contribution in [1.29, 1.82) is 0 Å². The van der Waals surface area contributed by atoms with Gasteiger partial charge in [0.2, 0.25) is 0 Å². The highest BCUT2D eigenvalue weighted by atomic mass is 35.5. The van der Waals surface area contributed by atoms with E-state index in [2.05, 4.69) is 20.0 Å². The molecule has 19 heavy (non-hydrogen) atoms. The molecule has 0 amide bonds. The van der Waals surface area contributed by atoms with Crippen molar-refractivity contribution in [3.05, 3.63) is 46.3 Å². The number of rotatable bonds is 3. The molecule has 98 valence electrons. The third-order valence-corrected chi connectivity index (χ3v) is 2.60. The fraction of sp³-hybridized carbons (Fsp3) is 0.0833. The van der Waals surface area contributed by atoms with Crippen LogP contribution in [0.3, 0.4) is 0 Å². The van der Waals surface area contributed by atoms with Gasteiger partial charge in [0.25, 0.3) is 0 Å². The summed E-state index contributed by atoms with van der Waals surface area (Å²) in [5.74, 6) is -0.165. The first kappa shape index (κ1) is 13.6. The maximum atomic E-state index is 11.3. The second kappa shape index (κ2) is 5.86. The van der Waals surface area contributed by atoms with Crippen molar-refractivity contribution in [3.8, 4) is 0 Å². The van der Waals surface area contributed by atoms with Gasteiger partial charge >= 0.3 is 5.97 Å². The van der Waals surface area contributed by atoms with E-state index in [1.165, 1.54) is 19.5 Å². The normalized spacial score (nSPS) is 10.1. The summed E-state index contributed by atoms with van der Waals surface area (Å²) in [4.78, 5) is 19.3. The van der Waals surface area contributed by atoms with Gasteiger partial charge in [-0.1, -0.05) is 23.2 Å². The minimum absolute atomic E-state index is 0.112. The molecule has 0 saturated carbocycles. The van der Waals surface area contributed by atoms with Crippen molar-refractivity contribution in [1.82, 2.24) is 9.97 Å². The molecule has 0 atom stereocenters. The summed E-state index contributed by atoms with van der Waals surface area (Å²) in [7, 11) is 1.28. The van der Waals surface area contributed by atoms with Crippen LogP contribution in [-0.2, 0) is 4.74 Å². The average molecular weight is 298 g/mol. The molecule has 5 nitrogen and oxygen atoms in total. The zero-order valence-electron chi connectivity index (χ0n) is 9.85. The SMILES string of the molecule is COC(=O)c1cncc(Nc2cc(Cl)cc(Cl)c2)n1. The molecule has 0 spiro atoms. The number of anilines is 2. The summed E-state index contributed by atoms with van der Waals surface area (Å²) in [5.41, 5.74) is 0.759. The Labute approximate surface area is 119 Å². The molecule has 0 fully saturated rings. The lowest BCUT2D eigenvalue weighted by Crippen LogP contribution is -2.06. The number of nitrogens with zero attached hydrogens (tertiary/aromatic N) is 2. The molecular formula is C12H9Cl2N3O2. The van der Waals surface area contributed by atoms with E-state index >= 15 is 0 Å². The number of benzene rings is 1. The Hall–Kier alpha value is -1.85. The Kier molecular flexibility index (Phi) is 4.19. The van der Waals surface area contributed by atoms with Crippen molar-refractivity contribution in [2.24, 2.45) is 0 Å². The lowest BCUT2D eigenvalue weighted by molar-refractivity contribution is 0.0593. The van der Waals surface area contributed by atoms with Crippen molar-refractivity contribution in [2.75, 3.05) is 12.4 Å². The van der Waals surface area contributed by atoms with Gasteiger partial charge in [-0.05, 0) is 18.2 Å². The number of esters is 1. The number of halogens is 2. The summed E-state index contributed by atoms with van der Waals surface area (Å²) >= 11 is 11.8. The van der Waals surface area contributed by atoms with Gasteiger partial charge in [-0.3, -0.25) is 4.98 Å². The Balaban J connectivity index is 2.25. The quantitative estimate of drug-likeness (QED) is 0.881. The smallest absolute Gasteiger partial charge is 0.358 e. The minimum Gasteiger partial charge on any atom is -0.464 e. The van der Waals surface area contributed by atoms with Gasteiger partial charge in [0.05, 0.1) is 19.5 Å². The predicted molar refractivity (Wildman–Crippen MR) is 73.1 cm³/mol. The predicted octanol–water partition coefficient (Wildman–Crippen LogP) is 3.31. The molecule has 2 aromatic rings. The van der Waals surface area contributed by atoms with Crippen LogP contribution in [0.25, 0.3) is 0 Å². The topological polar surface area (TPSA) is 64.1 Å². The fourth-order valence-electron chi connectivity index (χ4n) is 1.40. The van der Waals surface area contributed by atoms with Gasteiger partial charge in [0.1, 0.15) is 5.82 Å². The molecule has 0 unspecified atom stereocenters. The number of methoxy groups -OCH3 is 1. The molecule has 0 bridgehead atoms. The van der Waals surface area contributed by atoms with E-state index in [9.17, 15) is 4.79 Å². The van der Waals surface area contributed by atoms with E-state index in [1.54, 1.807) is 18.2 Å². The first-order valence-corrected chi connectivity index (χ1v) is 5.97. The van der Waals surface area contributed by atoms with E-state index in [-0.39, 0.29) is 5.69 Å². The zero-order chi connectivity index (χ0) is 13.8. The standard InChI is InChI=1S/C12H9Cl2N3O2/c1-19-12(18)10-5-15-6-11(17-10)16-9-3-7(13)2-8(14)4-9/h2-6H,1H3,(H,16,17). The molecule has 7 heteroatoms. The Morgan fingerprint density at radius 3 is 2.53 bits per heavy atom. The van der Waals surface area contributed by atoms with E-state index in [0.717, 1.165) is 0 Å². The Morgan fingerprint density at radius 2 is 1.89 bits per heavy atom. The van der Waals surface area contributed by atoms with Gasteiger partial charge in [-0.2, -0.15) is 0 Å². The summed E-state index contributed by atoms with van der Waals surface area (Å²) in [6.07, 6.45) is 2.79. The van der Waals surface area contributed by atoms with Crippen molar-refractivity contribution in [3.63, 3.8) is 0 Å². The van der Waals surface area contributed by atoms with Crippen LogP contribution in [0.4, 0.5) is 11.5 Å². The highest BCUT2D eigenvalue weighted by Crippen LogP contribution is 2.24. The second-order valence-electron chi connectivity index (χ2n) is 3.56. The number of carbonyl (C=O) groups excluding carboxylic acids is 1. The summed E-state index contributed by atoms with van der Waals surface area (Å²) in [6, 6.07) is 4.98. The molecule has 0 radical (unpaired) electrons. The van der Waals surface area contributed by atoms with Crippen LogP contribution >= 0.6 is 23.2 Å². The molecule has 1 N–H and O–H groups in total. The van der Waals surface area contributed by atoms with Gasteiger partial charge in [0, 0.05) is 15.7 Å². The molecule has 1 aromatic heterocycles. The van der Waals surface area contributed by atoms with Gasteiger partial charge in [-0.15, -0.1) is 0 Å². The van der Waals surface area contributed by atoms with E-state index in [4.69, 9.17) is 23.2 Å². The average Bonchev–Trinajstić information content (AvgIpc) is 2.37. The summed E-state index contributed by atoms with van der Waals surface area (Å²) in [5, 5.41) is 3.94. The Morgan fingerprint density at radius 1 is 1.21 bits per heavy atom. The number of aromatic nitrogens is 2. The first-order chi connectivity index (χ1) is 9.08. The van der Waals surface area contributed by atoms with E-state index in [1.807, 2.05) is 0 Å². The number of nitrogens with one attached hydrogen (secondary N) is 1. The van der Waals surface area contributed by atoms with Crippen LogP contribution in [0.2, 0.25) is 10.0 Å². The number of hydrogen-bond acceptors (Lipinski definition) is 5. The summed E-state index contributed by atoms with van der Waals surface area (Å²) in [6.45, 7) is 0. The Bertz CT molecular complexity index is 599.